The van der Waals surface area contributed by atoms with Crippen LogP contribution < -0.4 is 51.4 Å². The van der Waals surface area contributed by atoms with Gasteiger partial charge in [0, 0.05) is 128 Å². The number of ether oxygens (including phenoxy) is 7. The first-order valence-corrected chi connectivity index (χ1v) is 44.1. The maximum Gasteiger partial charge on any atom is 0.343 e. The molecule has 32 nitrogen and oxygen atoms in total. The number of nitrogens with zero attached hydrogens (tertiary/aromatic N) is 11. The predicted octanol–water partition coefficient (Wildman–Crippen LogP) is 11.9. The third-order valence-corrected chi connectivity index (χ3v) is 27.0. The van der Waals surface area contributed by atoms with Crippen LogP contribution >= 0.6 is 0 Å². The quantitative estimate of drug-likeness (QED) is 0.0347. The lowest BCUT2D eigenvalue weighted by atomic mass is 9.86. The zero-order valence-corrected chi connectivity index (χ0v) is 73.6. The molecule has 5 N–H and O–H groups in total. The van der Waals surface area contributed by atoms with Gasteiger partial charge in [0.05, 0.1) is 122 Å². The van der Waals surface area contributed by atoms with E-state index in [1.807, 2.05) is 93.6 Å². The lowest BCUT2D eigenvalue weighted by Crippen LogP contribution is -2.45. The number of piperazine rings is 1. The van der Waals surface area contributed by atoms with Crippen LogP contribution in [0.15, 0.2) is 127 Å². The molecule has 4 aromatic carbocycles. The molecule has 0 unspecified atom stereocenters. The molecule has 0 bridgehead atoms. The van der Waals surface area contributed by atoms with Crippen molar-refractivity contribution in [1.82, 2.24) is 48.4 Å². The molecule has 1 aliphatic carbocycles. The summed E-state index contributed by atoms with van der Waals surface area (Å²) in [6, 6.07) is 32.7. The van der Waals surface area contributed by atoms with E-state index in [1.165, 1.54) is 5.56 Å². The van der Waals surface area contributed by atoms with E-state index in [9.17, 15) is 58.8 Å². The summed E-state index contributed by atoms with van der Waals surface area (Å²) in [5.41, 5.74) is 9.32. The third-order valence-electron chi connectivity index (χ3n) is 27.0. The molecule has 0 radical (unpaired) electrons. The molecule has 134 heavy (non-hydrogen) atoms. The fraction of sp³-hybridized carbons (Fsp3) is 0.402. The minimum atomic E-state index is -1.85. The Morgan fingerprint density at radius 2 is 0.903 bits per heavy atom. The molecule has 11 aliphatic rings. The lowest BCUT2D eigenvalue weighted by Gasteiger charge is -2.36. The summed E-state index contributed by atoms with van der Waals surface area (Å²) < 4.78 is 44.8. The highest BCUT2D eigenvalue weighted by molar-refractivity contribution is 6.04. The summed E-state index contributed by atoms with van der Waals surface area (Å²) in [5, 5.41) is 55.7. The van der Waals surface area contributed by atoms with Crippen molar-refractivity contribution < 1.29 is 77.6 Å². The van der Waals surface area contributed by atoms with Crippen molar-refractivity contribution in [2.45, 2.75) is 211 Å². The average molecular weight is 1830 g/mol. The monoisotopic (exact) mass is 1820 g/mol. The number of carbonyl (C=O) groups is 4. The molecule has 700 valence electrons. The van der Waals surface area contributed by atoms with Gasteiger partial charge in [0.2, 0.25) is 6.79 Å². The SMILES string of the molecule is C.C.C.C.CC[C@@]1(O)C(=O)Cc2c1cc1n(c2=O)Cc2cc3cc4c(cc3nc2-1)OCO4.CC[C@@]1(O)C(=O)OCc2c1cc1n(c2=O)Cc2c-1nc1cc3c(cc1c2N1CCN(C)CC1)OCCO3.CC[C@@]1(O)C(=O)OCc2c1cc1n(c2=O)Cc2c-1nc1ccccc1c2/C=N/OC(C)(C)C.CC[C@@]1(O)C(=O)OCc2c1cc1n(c2=O)Cc2c-1nc1ccccc1c2CCNC(C)C. The number of Topliss-reactive ketones (excluding diaryl/α,β-unsaturated/α-hetero) is 1. The predicted molar refractivity (Wildman–Crippen MR) is 506 cm³/mol. The minimum absolute atomic E-state index is 0. The van der Waals surface area contributed by atoms with Crippen LogP contribution in [0, 0.1) is 0 Å². The van der Waals surface area contributed by atoms with Crippen LogP contribution in [0.3, 0.4) is 0 Å². The third kappa shape index (κ3) is 14.9. The molecule has 1 saturated heterocycles. The van der Waals surface area contributed by atoms with E-state index in [2.05, 4.69) is 47.2 Å². The number of likely N-dealkylation sites (N-methyl/N-ethyl adjacent to an activating group) is 1. The molecule has 1 fully saturated rings. The number of cyclic esters (lactones) is 3. The number of fused-ring (bicyclic) bond motifs is 22. The Bertz CT molecular complexity index is 7240. The highest BCUT2D eigenvalue weighted by Crippen LogP contribution is 2.50. The van der Waals surface area contributed by atoms with E-state index in [1.54, 1.807) is 76.4 Å². The minimum Gasteiger partial charge on any atom is -0.486 e. The van der Waals surface area contributed by atoms with E-state index < -0.39 is 45.9 Å². The smallest absolute Gasteiger partial charge is 0.343 e. The standard InChI is InChI=1S/C27H28N4O6.C25H25N3O5.C25H27N3O4.C21H16N2O5.4CH4/c1-3-27(34)18-11-20-23-16(13-31(20)25(32)17(18)14-37-26(27)33)24(30-6-4-29(2)5-7-30)15-10-21-22(12-19(15)28-23)36-9-8-35-21;1-5-25(31)18-10-20-21-16(12-28(20)22(29)17(18)13-32-23(25)30)15(11-26-33-24(2,3)4)14-8-6-7-9-19(14)27-21;1-4-25(31)19-11-21-22-17(12-28(21)23(29)18(19)13-32-24(25)30)15(9-10-26-14(2)3)16-7-5-6-8-20(16)27-22;1-2-21(26)13-6-15-19-11(8-23(15)20(25)12(13)5-18(21)24)3-10-4-16-17(28-9-27-16)7-14(10)22-19;;;;/h10-12,34H,3-9,13-14H2,1-2H3;6-11,31H,5,12-13H2,1-4H3;5-8,11,14,26,31H,4,9-10,12-13H2,1-3H3;3-4,6-7,26H,2,5,8-9H2,1H3;4*1H4/b;26-11+;;;;;;/t27-;2*25-;21-;;;;/m0000..../s1. The van der Waals surface area contributed by atoms with Crippen LogP contribution in [-0.2, 0) is 119 Å². The molecule has 8 aromatic heterocycles. The van der Waals surface area contributed by atoms with Crippen molar-refractivity contribution in [3.63, 3.8) is 0 Å². The van der Waals surface area contributed by atoms with Gasteiger partial charge in [0.25, 0.3) is 22.2 Å². The van der Waals surface area contributed by atoms with E-state index in [0.717, 1.165) is 122 Å². The van der Waals surface area contributed by atoms with Crippen LogP contribution in [-0.4, -0.2) is 165 Å². The summed E-state index contributed by atoms with van der Waals surface area (Å²) in [5.74, 6) is 0.203. The molecular weight excluding hydrogens is 1710 g/mol. The van der Waals surface area contributed by atoms with Crippen molar-refractivity contribution in [3.05, 3.63) is 222 Å². The van der Waals surface area contributed by atoms with E-state index in [4.69, 9.17) is 57.9 Å². The van der Waals surface area contributed by atoms with E-state index in [-0.39, 0.29) is 116 Å². The van der Waals surface area contributed by atoms with Gasteiger partial charge < -0.3 is 91.8 Å². The second kappa shape index (κ2) is 34.9. The van der Waals surface area contributed by atoms with Gasteiger partial charge in [-0.1, -0.05) is 113 Å². The largest absolute Gasteiger partial charge is 0.486 e. The van der Waals surface area contributed by atoms with Crippen LogP contribution in [0.5, 0.6) is 23.0 Å². The normalized spacial score (nSPS) is 19.9. The number of hydrogen-bond acceptors (Lipinski definition) is 28. The lowest BCUT2D eigenvalue weighted by molar-refractivity contribution is -0.172. The van der Waals surface area contributed by atoms with Gasteiger partial charge in [-0.05, 0) is 127 Å². The molecule has 10 aliphatic heterocycles. The topological polar surface area (TPSA) is 393 Å². The maximum atomic E-state index is 13.7. The van der Waals surface area contributed by atoms with Gasteiger partial charge >= 0.3 is 17.9 Å². The van der Waals surface area contributed by atoms with Crippen molar-refractivity contribution >= 4 is 79.2 Å². The van der Waals surface area contributed by atoms with Crippen LogP contribution in [0.25, 0.3) is 89.2 Å². The number of carbonyl (C=O) groups excluding carboxylic acids is 4. The molecule has 32 heteroatoms. The second-order valence-electron chi connectivity index (χ2n) is 36.0. The van der Waals surface area contributed by atoms with E-state index >= 15 is 0 Å². The summed E-state index contributed by atoms with van der Waals surface area (Å²) in [6.07, 6.45) is 3.03. The Morgan fingerprint density at radius 3 is 1.44 bits per heavy atom. The number of aliphatic hydroxyl groups is 4. The fourth-order valence-corrected chi connectivity index (χ4v) is 19.9. The fourth-order valence-electron chi connectivity index (χ4n) is 19.9. The Kier molecular flexibility index (Phi) is 24.4. The van der Waals surface area contributed by atoms with Crippen LogP contribution in [0.4, 0.5) is 5.69 Å². The number of esters is 3. The van der Waals surface area contributed by atoms with Gasteiger partial charge in [-0.3, -0.25) is 24.0 Å². The van der Waals surface area contributed by atoms with Crippen molar-refractivity contribution in [2.24, 2.45) is 5.16 Å². The van der Waals surface area contributed by atoms with Crippen molar-refractivity contribution in [1.29, 1.82) is 0 Å². The number of aromatic nitrogens is 8. The Labute approximate surface area is 772 Å². The zero-order chi connectivity index (χ0) is 90.8. The van der Waals surface area contributed by atoms with Gasteiger partial charge in [-0.15, -0.1) is 0 Å². The Morgan fingerprint density at radius 1 is 0.470 bits per heavy atom. The summed E-state index contributed by atoms with van der Waals surface area (Å²) >= 11 is 0. The highest BCUT2D eigenvalue weighted by Gasteiger charge is 2.51. The molecule has 0 saturated carbocycles. The number of oxime groups is 1. The van der Waals surface area contributed by atoms with E-state index in [0.29, 0.717) is 153 Å². The van der Waals surface area contributed by atoms with Gasteiger partial charge in [-0.2, -0.15) is 0 Å². The number of pyridine rings is 8. The average Bonchev–Trinajstić information content (AvgIpc) is 1.56. The van der Waals surface area contributed by atoms with Crippen molar-refractivity contribution in [3.8, 4) is 68.5 Å². The van der Waals surface area contributed by atoms with Gasteiger partial charge in [0.15, 0.2) is 45.6 Å². The first-order chi connectivity index (χ1) is 62.4. The molecule has 23 rings (SSSR count). The number of para-hydroxylation sites is 2. The molecule has 4 atom stereocenters. The summed E-state index contributed by atoms with van der Waals surface area (Å²) in [7, 11) is 2.12. The Hall–Kier alpha value is -13.4. The van der Waals surface area contributed by atoms with Gasteiger partial charge in [0.1, 0.15) is 44.2 Å². The number of anilines is 1. The molecule has 0 spiro atoms. The van der Waals surface area contributed by atoms with Crippen molar-refractivity contribution in [2.75, 3.05) is 64.7 Å². The summed E-state index contributed by atoms with van der Waals surface area (Å²) in [6.45, 7) is 23.4. The molecule has 18 heterocycles. The number of nitrogens with one attached hydrogen (secondary N) is 1. The number of rotatable bonds is 11. The highest BCUT2D eigenvalue weighted by atomic mass is 16.7. The van der Waals surface area contributed by atoms with Crippen LogP contribution in [0.1, 0.15) is 196 Å². The first kappa shape index (κ1) is 93.8. The molecule has 0 amide bonds. The van der Waals surface area contributed by atoms with Gasteiger partial charge in [-0.25, -0.2) is 34.3 Å². The number of hydrogen-bond donors (Lipinski definition) is 5. The van der Waals surface area contributed by atoms with Crippen LogP contribution in [0.2, 0.25) is 0 Å². The zero-order valence-electron chi connectivity index (χ0n) is 73.6. The second-order valence-corrected chi connectivity index (χ2v) is 36.0. The molecule has 12 aromatic rings. The first-order valence-electron chi connectivity index (χ1n) is 44.1. The maximum absolute atomic E-state index is 13.7. The number of ketones is 1. The Balaban J connectivity index is 0.000000129. The number of benzene rings is 4. The summed E-state index contributed by atoms with van der Waals surface area (Å²) in [4.78, 5) is 133. The molecular formula is C102H112N12O20.